The van der Waals surface area contributed by atoms with E-state index in [1.54, 1.807) is 0 Å². The van der Waals surface area contributed by atoms with Crippen molar-refractivity contribution in [3.8, 4) is 0 Å². The van der Waals surface area contributed by atoms with E-state index in [-0.39, 0.29) is 0 Å². The Morgan fingerprint density at radius 3 is 2.79 bits per heavy atom. The van der Waals surface area contributed by atoms with E-state index in [1.165, 1.54) is 30.4 Å². The van der Waals surface area contributed by atoms with Gasteiger partial charge in [0, 0.05) is 5.02 Å². The van der Waals surface area contributed by atoms with Gasteiger partial charge in [0.25, 0.3) is 0 Å². The van der Waals surface area contributed by atoms with Crippen LogP contribution in [0, 0.1) is 5.41 Å². The fourth-order valence-corrected chi connectivity index (χ4v) is 3.08. The van der Waals surface area contributed by atoms with Crippen LogP contribution in [0.15, 0.2) is 36.4 Å². The Kier molecular flexibility index (Phi) is 1.61. The third kappa shape index (κ3) is 1.14. The van der Waals surface area contributed by atoms with Crippen molar-refractivity contribution >= 4 is 11.6 Å². The van der Waals surface area contributed by atoms with Crippen molar-refractivity contribution in [2.24, 2.45) is 5.41 Å². The fraction of sp³-hybridized carbons (Fsp3) is 0.385. The Morgan fingerprint density at radius 1 is 1.36 bits per heavy atom. The van der Waals surface area contributed by atoms with Crippen LogP contribution in [0.25, 0.3) is 0 Å². The minimum Gasteiger partial charge on any atom is -0.0998 e. The number of rotatable bonds is 1. The van der Waals surface area contributed by atoms with Crippen LogP contribution in [0.1, 0.15) is 30.7 Å². The first-order chi connectivity index (χ1) is 6.70. The summed E-state index contributed by atoms with van der Waals surface area (Å²) in [6, 6.07) is 8.31. The summed E-state index contributed by atoms with van der Waals surface area (Å²) in [6.45, 7) is 4.02. The molecule has 1 atom stereocenters. The Balaban J connectivity index is 1.83. The third-order valence-corrected chi connectivity index (χ3v) is 3.88. The van der Waals surface area contributed by atoms with Gasteiger partial charge in [-0.25, -0.2) is 0 Å². The number of halogens is 1. The minimum atomic E-state index is 0.599. The number of allylic oxidation sites excluding steroid dienone is 1. The van der Waals surface area contributed by atoms with Gasteiger partial charge in [0.15, 0.2) is 0 Å². The maximum Gasteiger partial charge on any atom is 0.0408 e. The van der Waals surface area contributed by atoms with Crippen LogP contribution in [-0.2, 0) is 0 Å². The van der Waals surface area contributed by atoms with Crippen molar-refractivity contribution in [1.82, 2.24) is 0 Å². The highest BCUT2D eigenvalue weighted by Crippen LogP contribution is 2.71. The molecule has 3 rings (SSSR count). The van der Waals surface area contributed by atoms with Crippen LogP contribution in [0.4, 0.5) is 0 Å². The van der Waals surface area contributed by atoms with Crippen molar-refractivity contribution in [3.05, 3.63) is 47.0 Å². The SMILES string of the molecule is C=C1CC2(C1)CC2c1cccc(Cl)c1. The van der Waals surface area contributed by atoms with Crippen molar-refractivity contribution in [1.29, 1.82) is 0 Å². The zero-order valence-corrected chi connectivity index (χ0v) is 8.85. The van der Waals surface area contributed by atoms with E-state index >= 15 is 0 Å². The second-order valence-corrected chi connectivity index (χ2v) is 5.21. The minimum absolute atomic E-state index is 0.599. The quantitative estimate of drug-likeness (QED) is 0.603. The molecular formula is C13H13Cl. The highest BCUT2D eigenvalue weighted by atomic mass is 35.5. The van der Waals surface area contributed by atoms with Gasteiger partial charge < -0.3 is 0 Å². The molecule has 72 valence electrons. The molecule has 2 aliphatic rings. The summed E-state index contributed by atoms with van der Waals surface area (Å²) in [4.78, 5) is 0. The first kappa shape index (κ1) is 8.55. The zero-order valence-electron chi connectivity index (χ0n) is 8.09. The van der Waals surface area contributed by atoms with Crippen molar-refractivity contribution in [2.45, 2.75) is 25.2 Å². The molecule has 0 nitrogen and oxygen atoms in total. The first-order valence-corrected chi connectivity index (χ1v) is 5.50. The maximum atomic E-state index is 5.98. The Bertz CT molecular complexity index is 397. The molecule has 2 fully saturated rings. The highest BCUT2D eigenvalue weighted by Gasteiger charge is 2.59. The fourth-order valence-electron chi connectivity index (χ4n) is 2.88. The number of hydrogen-bond donors (Lipinski definition) is 0. The second-order valence-electron chi connectivity index (χ2n) is 4.78. The first-order valence-electron chi connectivity index (χ1n) is 5.12. The molecule has 1 aromatic rings. The van der Waals surface area contributed by atoms with Crippen molar-refractivity contribution in [2.75, 3.05) is 0 Å². The van der Waals surface area contributed by atoms with E-state index in [0.29, 0.717) is 5.41 Å². The molecule has 0 heterocycles. The molecule has 2 saturated carbocycles. The average Bonchev–Trinajstić information content (AvgIpc) is 2.79. The maximum absolute atomic E-state index is 5.98. The molecule has 0 bridgehead atoms. The van der Waals surface area contributed by atoms with Crippen LogP contribution in [0.2, 0.25) is 5.02 Å². The predicted octanol–water partition coefficient (Wildman–Crippen LogP) is 4.16. The van der Waals surface area contributed by atoms with E-state index in [4.69, 9.17) is 11.6 Å². The number of benzene rings is 1. The molecule has 2 aliphatic carbocycles. The van der Waals surface area contributed by atoms with E-state index in [0.717, 1.165) is 10.9 Å². The van der Waals surface area contributed by atoms with Gasteiger partial charge in [-0.3, -0.25) is 0 Å². The summed E-state index contributed by atoms with van der Waals surface area (Å²) in [7, 11) is 0. The molecule has 0 amide bonds. The molecule has 1 aromatic carbocycles. The summed E-state index contributed by atoms with van der Waals surface area (Å²) >= 11 is 5.98. The molecule has 0 N–H and O–H groups in total. The van der Waals surface area contributed by atoms with Crippen LogP contribution < -0.4 is 0 Å². The van der Waals surface area contributed by atoms with Crippen LogP contribution in [-0.4, -0.2) is 0 Å². The third-order valence-electron chi connectivity index (χ3n) is 3.64. The van der Waals surface area contributed by atoms with E-state index < -0.39 is 0 Å². The summed E-state index contributed by atoms with van der Waals surface area (Å²) in [6.07, 6.45) is 3.82. The van der Waals surface area contributed by atoms with Gasteiger partial charge in [0.1, 0.15) is 0 Å². The predicted molar refractivity (Wildman–Crippen MR) is 59.6 cm³/mol. The lowest BCUT2D eigenvalue weighted by molar-refractivity contribution is 0.380. The Morgan fingerprint density at radius 2 is 2.14 bits per heavy atom. The van der Waals surface area contributed by atoms with E-state index in [1.807, 2.05) is 6.07 Å². The standard InChI is InChI=1S/C13H13Cl/c1-9-6-13(7-9)8-12(13)10-3-2-4-11(14)5-10/h2-5,12H,1,6-8H2. The van der Waals surface area contributed by atoms with Crippen molar-refractivity contribution in [3.63, 3.8) is 0 Å². The molecule has 0 radical (unpaired) electrons. The summed E-state index contributed by atoms with van der Waals surface area (Å²) in [5.74, 6) is 0.756. The van der Waals surface area contributed by atoms with Crippen LogP contribution in [0.3, 0.4) is 0 Å². The monoisotopic (exact) mass is 204 g/mol. The van der Waals surface area contributed by atoms with Crippen LogP contribution >= 0.6 is 11.6 Å². The van der Waals surface area contributed by atoms with E-state index in [2.05, 4.69) is 24.8 Å². The lowest BCUT2D eigenvalue weighted by Crippen LogP contribution is -2.16. The molecule has 1 unspecified atom stereocenters. The summed E-state index contributed by atoms with van der Waals surface area (Å²) in [5, 5.41) is 0.864. The topological polar surface area (TPSA) is 0 Å². The molecule has 14 heavy (non-hydrogen) atoms. The van der Waals surface area contributed by atoms with Gasteiger partial charge in [-0.2, -0.15) is 0 Å². The van der Waals surface area contributed by atoms with Gasteiger partial charge in [-0.15, -0.1) is 0 Å². The molecule has 0 saturated heterocycles. The zero-order chi connectivity index (χ0) is 9.76. The molecule has 0 aromatic heterocycles. The van der Waals surface area contributed by atoms with Gasteiger partial charge >= 0.3 is 0 Å². The molecule has 0 aliphatic heterocycles. The van der Waals surface area contributed by atoms with Gasteiger partial charge in [-0.05, 0) is 48.3 Å². The highest BCUT2D eigenvalue weighted by molar-refractivity contribution is 6.30. The van der Waals surface area contributed by atoms with Gasteiger partial charge in [0.2, 0.25) is 0 Å². The normalized spacial score (nSPS) is 27.5. The van der Waals surface area contributed by atoms with Crippen molar-refractivity contribution < 1.29 is 0 Å². The van der Waals surface area contributed by atoms with Crippen LogP contribution in [0.5, 0.6) is 0 Å². The Labute approximate surface area is 89.6 Å². The number of hydrogen-bond acceptors (Lipinski definition) is 0. The van der Waals surface area contributed by atoms with E-state index in [9.17, 15) is 0 Å². The lowest BCUT2D eigenvalue weighted by atomic mass is 9.75. The summed E-state index contributed by atoms with van der Waals surface area (Å²) < 4.78 is 0. The molecular weight excluding hydrogens is 192 g/mol. The largest absolute Gasteiger partial charge is 0.0998 e. The Hall–Kier alpha value is -0.750. The second kappa shape index (κ2) is 2.64. The molecule has 1 heteroatoms. The smallest absolute Gasteiger partial charge is 0.0408 e. The lowest BCUT2D eigenvalue weighted by Gasteiger charge is -2.30. The summed E-state index contributed by atoms with van der Waals surface area (Å²) in [5.41, 5.74) is 3.45. The van der Waals surface area contributed by atoms with Gasteiger partial charge in [-0.1, -0.05) is 35.9 Å². The average molecular weight is 205 g/mol. The molecule has 1 spiro atoms. The van der Waals surface area contributed by atoms with Gasteiger partial charge in [0.05, 0.1) is 0 Å².